The fourth-order valence-electron chi connectivity index (χ4n) is 3.07. The Morgan fingerprint density at radius 1 is 1.33 bits per heavy atom. The Kier molecular flexibility index (Phi) is 4.28. The summed E-state index contributed by atoms with van der Waals surface area (Å²) in [6.07, 6.45) is 7.30. The Balaban J connectivity index is 2.18. The second-order valence-corrected chi connectivity index (χ2v) is 5.59. The van der Waals surface area contributed by atoms with E-state index >= 15 is 0 Å². The van der Waals surface area contributed by atoms with Crippen LogP contribution in [0.1, 0.15) is 51.0 Å². The topological polar surface area (TPSA) is 35.2 Å². The summed E-state index contributed by atoms with van der Waals surface area (Å²) >= 11 is 0. The van der Waals surface area contributed by atoms with Crippen molar-refractivity contribution in [1.29, 1.82) is 0 Å². The lowest BCUT2D eigenvalue weighted by Gasteiger charge is -2.29. The third kappa shape index (κ3) is 2.86. The first kappa shape index (κ1) is 13.4. The van der Waals surface area contributed by atoms with Gasteiger partial charge in [0, 0.05) is 5.54 Å². The van der Waals surface area contributed by atoms with E-state index in [1.807, 2.05) is 12.1 Å². The summed E-state index contributed by atoms with van der Waals surface area (Å²) in [6.45, 7) is 2.29. The van der Waals surface area contributed by atoms with E-state index in [1.54, 1.807) is 7.11 Å². The van der Waals surface area contributed by atoms with Crippen LogP contribution in [0, 0.1) is 5.92 Å². The Labute approximate surface area is 111 Å². The van der Waals surface area contributed by atoms with Crippen molar-refractivity contribution in [2.75, 3.05) is 7.11 Å². The van der Waals surface area contributed by atoms with Gasteiger partial charge in [0.05, 0.1) is 7.11 Å². The maximum atomic E-state index is 6.67. The molecule has 2 atom stereocenters. The van der Waals surface area contributed by atoms with Crippen LogP contribution in [0.5, 0.6) is 5.75 Å². The largest absolute Gasteiger partial charge is 0.497 e. The summed E-state index contributed by atoms with van der Waals surface area (Å²) in [4.78, 5) is 0. The SMILES string of the molecule is CCC1CCCC(N)(c2cccc(OC)c2)CC1. The van der Waals surface area contributed by atoms with Crippen molar-refractivity contribution in [1.82, 2.24) is 0 Å². The standard InChI is InChI=1S/C16H25NO/c1-3-13-6-5-10-16(17,11-9-13)14-7-4-8-15(12-14)18-2/h4,7-8,12-13H,3,5-6,9-11,17H2,1-2H3. The van der Waals surface area contributed by atoms with E-state index in [-0.39, 0.29) is 5.54 Å². The Morgan fingerprint density at radius 3 is 2.89 bits per heavy atom. The van der Waals surface area contributed by atoms with E-state index in [1.165, 1.54) is 31.2 Å². The van der Waals surface area contributed by atoms with Gasteiger partial charge in [-0.2, -0.15) is 0 Å². The molecule has 0 amide bonds. The van der Waals surface area contributed by atoms with Crippen LogP contribution in [0.2, 0.25) is 0 Å². The lowest BCUT2D eigenvalue weighted by Crippen LogP contribution is -2.36. The number of hydrogen-bond donors (Lipinski definition) is 1. The lowest BCUT2D eigenvalue weighted by atomic mass is 9.83. The van der Waals surface area contributed by atoms with Crippen molar-refractivity contribution < 1.29 is 4.74 Å². The van der Waals surface area contributed by atoms with Gasteiger partial charge >= 0.3 is 0 Å². The summed E-state index contributed by atoms with van der Waals surface area (Å²) in [6, 6.07) is 8.28. The van der Waals surface area contributed by atoms with E-state index in [0.717, 1.165) is 24.5 Å². The molecule has 18 heavy (non-hydrogen) atoms. The second-order valence-electron chi connectivity index (χ2n) is 5.59. The second kappa shape index (κ2) is 5.75. The molecular formula is C16H25NO. The Morgan fingerprint density at radius 2 is 2.17 bits per heavy atom. The van der Waals surface area contributed by atoms with Gasteiger partial charge in [-0.15, -0.1) is 0 Å². The molecule has 0 heterocycles. The molecular weight excluding hydrogens is 222 g/mol. The fraction of sp³-hybridized carbons (Fsp3) is 0.625. The van der Waals surface area contributed by atoms with Crippen molar-refractivity contribution in [3.05, 3.63) is 29.8 Å². The first-order chi connectivity index (χ1) is 8.68. The van der Waals surface area contributed by atoms with Gasteiger partial charge < -0.3 is 10.5 Å². The zero-order valence-corrected chi connectivity index (χ0v) is 11.6. The highest BCUT2D eigenvalue weighted by molar-refractivity contribution is 5.33. The normalized spacial score (nSPS) is 28.7. The van der Waals surface area contributed by atoms with Crippen molar-refractivity contribution >= 4 is 0 Å². The molecule has 0 aliphatic heterocycles. The molecule has 0 aromatic heterocycles. The summed E-state index contributed by atoms with van der Waals surface area (Å²) in [5.41, 5.74) is 7.75. The van der Waals surface area contributed by atoms with Crippen molar-refractivity contribution in [3.63, 3.8) is 0 Å². The maximum absolute atomic E-state index is 6.67. The van der Waals surface area contributed by atoms with Crippen LogP contribution in [0.4, 0.5) is 0 Å². The van der Waals surface area contributed by atoms with Crippen LogP contribution in [0.3, 0.4) is 0 Å². The molecule has 2 heteroatoms. The number of nitrogens with two attached hydrogens (primary N) is 1. The average Bonchev–Trinajstić information content (AvgIpc) is 2.61. The summed E-state index contributed by atoms with van der Waals surface area (Å²) in [5.74, 6) is 1.77. The predicted octanol–water partition coefficient (Wildman–Crippen LogP) is 3.84. The van der Waals surface area contributed by atoms with Gasteiger partial charge in [-0.1, -0.05) is 38.3 Å². The van der Waals surface area contributed by atoms with Gasteiger partial charge in [-0.25, -0.2) is 0 Å². The predicted molar refractivity (Wildman–Crippen MR) is 75.7 cm³/mol. The third-order valence-corrected chi connectivity index (χ3v) is 4.46. The molecule has 0 radical (unpaired) electrons. The molecule has 1 saturated carbocycles. The molecule has 100 valence electrons. The van der Waals surface area contributed by atoms with E-state index in [2.05, 4.69) is 19.1 Å². The first-order valence-electron chi connectivity index (χ1n) is 7.11. The molecule has 0 saturated heterocycles. The highest BCUT2D eigenvalue weighted by Crippen LogP contribution is 2.37. The zero-order chi connectivity index (χ0) is 13.0. The smallest absolute Gasteiger partial charge is 0.119 e. The van der Waals surface area contributed by atoms with Gasteiger partial charge in [0.25, 0.3) is 0 Å². The van der Waals surface area contributed by atoms with Crippen molar-refractivity contribution in [2.45, 2.75) is 51.0 Å². The van der Waals surface area contributed by atoms with Crippen LogP contribution in [0.25, 0.3) is 0 Å². The maximum Gasteiger partial charge on any atom is 0.119 e. The molecule has 1 fully saturated rings. The first-order valence-corrected chi connectivity index (χ1v) is 7.11. The van der Waals surface area contributed by atoms with Crippen LogP contribution < -0.4 is 10.5 Å². The molecule has 2 rings (SSSR count). The highest BCUT2D eigenvalue weighted by atomic mass is 16.5. The summed E-state index contributed by atoms with van der Waals surface area (Å²) in [7, 11) is 1.71. The van der Waals surface area contributed by atoms with E-state index in [4.69, 9.17) is 10.5 Å². The van der Waals surface area contributed by atoms with Crippen LogP contribution >= 0.6 is 0 Å². The van der Waals surface area contributed by atoms with Gasteiger partial charge in [0.2, 0.25) is 0 Å². The number of rotatable bonds is 3. The highest BCUT2D eigenvalue weighted by Gasteiger charge is 2.30. The van der Waals surface area contributed by atoms with Gasteiger partial charge in [-0.05, 0) is 42.9 Å². The summed E-state index contributed by atoms with van der Waals surface area (Å²) in [5, 5.41) is 0. The van der Waals surface area contributed by atoms with Gasteiger partial charge in [-0.3, -0.25) is 0 Å². The zero-order valence-electron chi connectivity index (χ0n) is 11.6. The minimum atomic E-state index is -0.154. The van der Waals surface area contributed by atoms with Crippen LogP contribution in [-0.4, -0.2) is 7.11 Å². The molecule has 0 bridgehead atoms. The third-order valence-electron chi connectivity index (χ3n) is 4.46. The molecule has 2 N–H and O–H groups in total. The summed E-state index contributed by atoms with van der Waals surface area (Å²) < 4.78 is 5.31. The quantitative estimate of drug-likeness (QED) is 0.824. The van der Waals surface area contributed by atoms with Crippen molar-refractivity contribution in [2.24, 2.45) is 11.7 Å². The molecule has 0 spiro atoms. The van der Waals surface area contributed by atoms with E-state index in [0.29, 0.717) is 0 Å². The van der Waals surface area contributed by atoms with Crippen molar-refractivity contribution in [3.8, 4) is 5.75 Å². The van der Waals surface area contributed by atoms with Gasteiger partial charge in [0.1, 0.15) is 5.75 Å². The molecule has 2 nitrogen and oxygen atoms in total. The van der Waals surface area contributed by atoms with Crippen LogP contribution in [-0.2, 0) is 5.54 Å². The Bertz CT molecular complexity index is 390. The van der Waals surface area contributed by atoms with E-state index in [9.17, 15) is 0 Å². The van der Waals surface area contributed by atoms with Gasteiger partial charge in [0.15, 0.2) is 0 Å². The minimum Gasteiger partial charge on any atom is -0.497 e. The lowest BCUT2D eigenvalue weighted by molar-refractivity contribution is 0.367. The molecule has 1 aliphatic carbocycles. The fourth-order valence-corrected chi connectivity index (χ4v) is 3.07. The molecule has 2 unspecified atom stereocenters. The van der Waals surface area contributed by atoms with Crippen LogP contribution in [0.15, 0.2) is 24.3 Å². The molecule has 1 aromatic carbocycles. The minimum absolute atomic E-state index is 0.154. The Hall–Kier alpha value is -1.02. The monoisotopic (exact) mass is 247 g/mol. The number of benzene rings is 1. The number of hydrogen-bond acceptors (Lipinski definition) is 2. The average molecular weight is 247 g/mol. The number of methoxy groups -OCH3 is 1. The van der Waals surface area contributed by atoms with E-state index < -0.39 is 0 Å². The molecule has 1 aliphatic rings. The molecule has 1 aromatic rings. The number of ether oxygens (including phenoxy) is 1.